The van der Waals surface area contributed by atoms with E-state index in [1.165, 1.54) is 6.20 Å². The molecule has 1 aromatic heterocycles. The van der Waals surface area contributed by atoms with Crippen molar-refractivity contribution in [3.63, 3.8) is 0 Å². The molecule has 0 aliphatic carbocycles. The molecule has 1 aromatic carbocycles. The largest absolute Gasteiger partial charge is 0.336 e. The maximum Gasteiger partial charge on any atom is 0.274 e. The van der Waals surface area contributed by atoms with Crippen molar-refractivity contribution in [2.24, 2.45) is 5.73 Å². The van der Waals surface area contributed by atoms with Gasteiger partial charge in [-0.05, 0) is 18.6 Å². The minimum absolute atomic E-state index is 0. The highest BCUT2D eigenvalue weighted by atomic mass is 35.5. The van der Waals surface area contributed by atoms with Gasteiger partial charge in [0, 0.05) is 19.1 Å². The number of carbonyl (C=O) groups excluding carboxylic acids is 1. The first-order chi connectivity index (χ1) is 8.74. The summed E-state index contributed by atoms with van der Waals surface area (Å²) in [6, 6.07) is 7.61. The molecule has 1 aliphatic rings. The summed E-state index contributed by atoms with van der Waals surface area (Å²) in [5.74, 6) is -0.0822. The highest BCUT2D eigenvalue weighted by Crippen LogP contribution is 2.13. The summed E-state index contributed by atoms with van der Waals surface area (Å²) in [5.41, 5.74) is 7.73. The Kier molecular flexibility index (Phi) is 5.68. The standard InChI is InChI=1S/C13H14N4O.2ClH/c14-9-5-6-17(8-9)13(18)12-7-15-10-3-1-2-4-11(10)16-12;;/h1-4,7,9H,5-6,8,14H2;2*1H/t9-;;/m0../s1. The molecule has 1 amide bonds. The van der Waals surface area contributed by atoms with Crippen molar-refractivity contribution in [3.05, 3.63) is 36.2 Å². The minimum Gasteiger partial charge on any atom is -0.336 e. The fourth-order valence-electron chi connectivity index (χ4n) is 2.19. The quantitative estimate of drug-likeness (QED) is 0.868. The first kappa shape index (κ1) is 16.6. The molecule has 108 valence electrons. The number of nitrogens with zero attached hydrogens (tertiary/aromatic N) is 3. The lowest BCUT2D eigenvalue weighted by atomic mass is 10.3. The number of hydrogen-bond acceptors (Lipinski definition) is 4. The molecule has 5 nitrogen and oxygen atoms in total. The molecule has 1 aliphatic heterocycles. The van der Waals surface area contributed by atoms with Gasteiger partial charge in [-0.2, -0.15) is 0 Å². The molecule has 0 bridgehead atoms. The summed E-state index contributed by atoms with van der Waals surface area (Å²) >= 11 is 0. The Bertz CT molecular complexity index is 608. The van der Waals surface area contributed by atoms with Crippen LogP contribution in [0, 0.1) is 0 Å². The predicted molar refractivity (Wildman–Crippen MR) is 82.5 cm³/mol. The second-order valence-electron chi connectivity index (χ2n) is 4.54. The highest BCUT2D eigenvalue weighted by Gasteiger charge is 2.25. The van der Waals surface area contributed by atoms with Gasteiger partial charge in [0.15, 0.2) is 0 Å². The Morgan fingerprint density at radius 1 is 1.25 bits per heavy atom. The van der Waals surface area contributed by atoms with Crippen molar-refractivity contribution < 1.29 is 4.79 Å². The zero-order chi connectivity index (χ0) is 12.5. The predicted octanol–water partition coefficient (Wildman–Crippen LogP) is 1.65. The Balaban J connectivity index is 0.000001000. The Morgan fingerprint density at radius 2 is 1.95 bits per heavy atom. The SMILES string of the molecule is Cl.Cl.N[C@H]1CCN(C(=O)c2cnc3ccccc3n2)C1. The average molecular weight is 315 g/mol. The molecule has 2 heterocycles. The van der Waals surface area contributed by atoms with Crippen LogP contribution in [0.3, 0.4) is 0 Å². The van der Waals surface area contributed by atoms with E-state index >= 15 is 0 Å². The Morgan fingerprint density at radius 3 is 2.60 bits per heavy atom. The average Bonchev–Trinajstić information content (AvgIpc) is 2.84. The van der Waals surface area contributed by atoms with Crippen LogP contribution in [-0.2, 0) is 0 Å². The smallest absolute Gasteiger partial charge is 0.274 e. The third-order valence-electron chi connectivity index (χ3n) is 3.18. The molecule has 2 N–H and O–H groups in total. The Labute approximate surface area is 129 Å². The number of hydrogen-bond donors (Lipinski definition) is 1. The molecule has 20 heavy (non-hydrogen) atoms. The molecule has 0 saturated carbocycles. The third-order valence-corrected chi connectivity index (χ3v) is 3.18. The maximum absolute atomic E-state index is 12.2. The highest BCUT2D eigenvalue weighted by molar-refractivity contribution is 5.94. The van der Waals surface area contributed by atoms with Crippen LogP contribution in [0.25, 0.3) is 11.0 Å². The molecular formula is C13H16Cl2N4O. The topological polar surface area (TPSA) is 72.1 Å². The molecule has 3 rings (SSSR count). The lowest BCUT2D eigenvalue weighted by Gasteiger charge is -2.14. The van der Waals surface area contributed by atoms with Gasteiger partial charge in [0.1, 0.15) is 5.69 Å². The first-order valence-corrected chi connectivity index (χ1v) is 6.01. The summed E-state index contributed by atoms with van der Waals surface area (Å²) in [5, 5.41) is 0. The van der Waals surface area contributed by atoms with E-state index in [9.17, 15) is 4.79 Å². The van der Waals surface area contributed by atoms with Crippen molar-refractivity contribution in [2.45, 2.75) is 12.5 Å². The lowest BCUT2D eigenvalue weighted by Crippen LogP contribution is -2.32. The molecule has 7 heteroatoms. The zero-order valence-corrected chi connectivity index (χ0v) is 12.4. The number of likely N-dealkylation sites (tertiary alicyclic amines) is 1. The van der Waals surface area contributed by atoms with Crippen LogP contribution in [0.5, 0.6) is 0 Å². The number of carbonyl (C=O) groups is 1. The first-order valence-electron chi connectivity index (χ1n) is 6.01. The number of fused-ring (bicyclic) bond motifs is 1. The van der Waals surface area contributed by atoms with Crippen molar-refractivity contribution in [3.8, 4) is 0 Å². The Hall–Kier alpha value is -1.43. The van der Waals surface area contributed by atoms with Crippen molar-refractivity contribution >= 4 is 41.8 Å². The van der Waals surface area contributed by atoms with Crippen LogP contribution in [0.1, 0.15) is 16.9 Å². The zero-order valence-electron chi connectivity index (χ0n) is 10.7. The molecule has 2 aromatic rings. The van der Waals surface area contributed by atoms with Gasteiger partial charge in [-0.1, -0.05) is 12.1 Å². The van der Waals surface area contributed by atoms with Crippen LogP contribution in [-0.4, -0.2) is 39.9 Å². The van der Waals surface area contributed by atoms with E-state index in [1.807, 2.05) is 24.3 Å². The number of benzene rings is 1. The summed E-state index contributed by atoms with van der Waals surface area (Å²) in [6.45, 7) is 1.31. The second kappa shape index (κ2) is 6.83. The van der Waals surface area contributed by atoms with Crippen LogP contribution >= 0.6 is 24.8 Å². The van der Waals surface area contributed by atoms with Gasteiger partial charge in [0.2, 0.25) is 0 Å². The second-order valence-corrected chi connectivity index (χ2v) is 4.54. The van der Waals surface area contributed by atoms with Crippen LogP contribution in [0.15, 0.2) is 30.5 Å². The molecule has 0 radical (unpaired) electrons. The molecule has 0 unspecified atom stereocenters. The van der Waals surface area contributed by atoms with E-state index in [2.05, 4.69) is 9.97 Å². The maximum atomic E-state index is 12.2. The van der Waals surface area contributed by atoms with Gasteiger partial charge in [0.05, 0.1) is 17.2 Å². The number of rotatable bonds is 1. The summed E-state index contributed by atoms with van der Waals surface area (Å²) in [4.78, 5) is 22.5. The number of para-hydroxylation sites is 2. The van der Waals surface area contributed by atoms with E-state index in [0.717, 1.165) is 17.5 Å². The van der Waals surface area contributed by atoms with Gasteiger partial charge in [-0.25, -0.2) is 4.98 Å². The number of aromatic nitrogens is 2. The third kappa shape index (κ3) is 3.17. The monoisotopic (exact) mass is 314 g/mol. The number of amides is 1. The number of nitrogens with two attached hydrogens (primary N) is 1. The fraction of sp³-hybridized carbons (Fsp3) is 0.308. The molecule has 1 atom stereocenters. The van der Waals surface area contributed by atoms with Gasteiger partial charge < -0.3 is 10.6 Å². The normalized spacial score (nSPS) is 17.4. The molecule has 1 fully saturated rings. The van der Waals surface area contributed by atoms with Crippen molar-refractivity contribution in [1.82, 2.24) is 14.9 Å². The van der Waals surface area contributed by atoms with Gasteiger partial charge >= 0.3 is 0 Å². The van der Waals surface area contributed by atoms with E-state index in [1.54, 1.807) is 4.90 Å². The molecular weight excluding hydrogens is 299 g/mol. The summed E-state index contributed by atoms with van der Waals surface area (Å²) in [6.07, 6.45) is 2.39. The van der Waals surface area contributed by atoms with Gasteiger partial charge in [-0.15, -0.1) is 24.8 Å². The van der Waals surface area contributed by atoms with Crippen LogP contribution in [0.2, 0.25) is 0 Å². The summed E-state index contributed by atoms with van der Waals surface area (Å²) < 4.78 is 0. The van der Waals surface area contributed by atoms with Crippen molar-refractivity contribution in [2.75, 3.05) is 13.1 Å². The van der Waals surface area contributed by atoms with Crippen molar-refractivity contribution in [1.29, 1.82) is 0 Å². The van der Waals surface area contributed by atoms with Gasteiger partial charge in [0.25, 0.3) is 5.91 Å². The van der Waals surface area contributed by atoms with Gasteiger partial charge in [-0.3, -0.25) is 9.78 Å². The van der Waals surface area contributed by atoms with E-state index in [-0.39, 0.29) is 36.8 Å². The fourth-order valence-corrected chi connectivity index (χ4v) is 2.19. The van der Waals surface area contributed by atoms with E-state index in [4.69, 9.17) is 5.73 Å². The minimum atomic E-state index is -0.0822. The van der Waals surface area contributed by atoms with E-state index < -0.39 is 0 Å². The summed E-state index contributed by atoms with van der Waals surface area (Å²) in [7, 11) is 0. The van der Waals surface area contributed by atoms with Crippen LogP contribution in [0.4, 0.5) is 0 Å². The molecule has 1 saturated heterocycles. The molecule has 0 spiro atoms. The van der Waals surface area contributed by atoms with Crippen LogP contribution < -0.4 is 5.73 Å². The van der Waals surface area contributed by atoms with E-state index in [0.29, 0.717) is 18.8 Å². The lowest BCUT2D eigenvalue weighted by molar-refractivity contribution is 0.0785. The number of halogens is 2.